The molecule has 0 unspecified atom stereocenters. The van der Waals surface area contributed by atoms with Crippen LogP contribution < -0.4 is 11.1 Å². The van der Waals surface area contributed by atoms with Crippen LogP contribution in [-0.2, 0) is 11.2 Å². The van der Waals surface area contributed by atoms with Crippen LogP contribution in [0.15, 0.2) is 24.3 Å². The molecule has 1 aliphatic carbocycles. The van der Waals surface area contributed by atoms with Crippen LogP contribution in [0.25, 0.3) is 0 Å². The second-order valence-electron chi connectivity index (χ2n) is 5.48. The van der Waals surface area contributed by atoms with Gasteiger partial charge in [-0.1, -0.05) is 29.8 Å². The highest BCUT2D eigenvalue weighted by Gasteiger charge is 2.41. The maximum atomic E-state index is 11.8. The molecular formula is C15H22N2O. The molecule has 3 nitrogen and oxygen atoms in total. The molecular weight excluding hydrogens is 224 g/mol. The molecule has 1 amide bonds. The van der Waals surface area contributed by atoms with E-state index in [1.54, 1.807) is 0 Å². The number of nitrogens with two attached hydrogens (primary N) is 1. The molecule has 0 atom stereocenters. The van der Waals surface area contributed by atoms with Gasteiger partial charge >= 0.3 is 0 Å². The fourth-order valence-electron chi connectivity index (χ4n) is 2.24. The van der Waals surface area contributed by atoms with E-state index in [1.165, 1.54) is 18.4 Å². The van der Waals surface area contributed by atoms with Gasteiger partial charge in [-0.3, -0.25) is 4.79 Å². The van der Waals surface area contributed by atoms with Crippen molar-refractivity contribution in [3.05, 3.63) is 35.4 Å². The molecule has 98 valence electrons. The predicted octanol–water partition coefficient (Wildman–Crippen LogP) is 1.78. The van der Waals surface area contributed by atoms with Gasteiger partial charge in [0, 0.05) is 6.54 Å². The van der Waals surface area contributed by atoms with E-state index in [0.29, 0.717) is 18.4 Å². The van der Waals surface area contributed by atoms with Crippen molar-refractivity contribution in [2.24, 2.45) is 11.1 Å². The molecule has 3 heteroatoms. The van der Waals surface area contributed by atoms with Gasteiger partial charge in [-0.25, -0.2) is 0 Å². The van der Waals surface area contributed by atoms with Crippen LogP contribution in [0.5, 0.6) is 0 Å². The molecule has 1 saturated carbocycles. The zero-order valence-electron chi connectivity index (χ0n) is 11.0. The Kier molecular flexibility index (Phi) is 4.02. The van der Waals surface area contributed by atoms with Crippen LogP contribution in [0.4, 0.5) is 0 Å². The van der Waals surface area contributed by atoms with E-state index in [-0.39, 0.29) is 5.91 Å². The Hall–Kier alpha value is -1.35. The van der Waals surface area contributed by atoms with Gasteiger partial charge in [0.15, 0.2) is 0 Å². The first-order valence-electron chi connectivity index (χ1n) is 6.66. The molecule has 3 N–H and O–H groups in total. The Morgan fingerprint density at radius 3 is 2.56 bits per heavy atom. The van der Waals surface area contributed by atoms with E-state index in [9.17, 15) is 4.79 Å². The van der Waals surface area contributed by atoms with E-state index >= 15 is 0 Å². The standard InChI is InChI=1S/C15H22N2O/c1-12-2-4-13(5-3-12)10-14(18)17-11-15(6-7-15)8-9-16/h2-5H,6-11,16H2,1H3,(H,17,18). The number of carbonyl (C=O) groups is 1. The van der Waals surface area contributed by atoms with Gasteiger partial charge in [0.2, 0.25) is 5.91 Å². The number of carbonyl (C=O) groups excluding carboxylic acids is 1. The first-order valence-corrected chi connectivity index (χ1v) is 6.66. The molecule has 0 aliphatic heterocycles. The Labute approximate surface area is 109 Å². The summed E-state index contributed by atoms with van der Waals surface area (Å²) < 4.78 is 0. The van der Waals surface area contributed by atoms with E-state index < -0.39 is 0 Å². The zero-order valence-corrected chi connectivity index (χ0v) is 11.0. The molecule has 0 heterocycles. The average molecular weight is 246 g/mol. The fourth-order valence-corrected chi connectivity index (χ4v) is 2.24. The lowest BCUT2D eigenvalue weighted by molar-refractivity contribution is -0.120. The zero-order chi connectivity index (χ0) is 13.0. The number of hydrogen-bond acceptors (Lipinski definition) is 2. The van der Waals surface area contributed by atoms with Crippen molar-refractivity contribution in [1.82, 2.24) is 5.32 Å². The summed E-state index contributed by atoms with van der Waals surface area (Å²) in [7, 11) is 0. The summed E-state index contributed by atoms with van der Waals surface area (Å²) in [5.41, 5.74) is 8.20. The molecule has 1 fully saturated rings. The SMILES string of the molecule is Cc1ccc(CC(=O)NCC2(CCN)CC2)cc1. The lowest BCUT2D eigenvalue weighted by atomic mass is 10.0. The molecule has 0 saturated heterocycles. The largest absolute Gasteiger partial charge is 0.355 e. The molecule has 2 rings (SSSR count). The molecule has 1 aliphatic rings. The highest BCUT2D eigenvalue weighted by molar-refractivity contribution is 5.78. The third kappa shape index (κ3) is 3.57. The van der Waals surface area contributed by atoms with Gasteiger partial charge in [0.05, 0.1) is 6.42 Å². The lowest BCUT2D eigenvalue weighted by Crippen LogP contribution is -2.32. The molecule has 0 aromatic heterocycles. The summed E-state index contributed by atoms with van der Waals surface area (Å²) in [6, 6.07) is 8.11. The van der Waals surface area contributed by atoms with Gasteiger partial charge < -0.3 is 11.1 Å². The summed E-state index contributed by atoms with van der Waals surface area (Å²) in [5.74, 6) is 0.113. The molecule has 18 heavy (non-hydrogen) atoms. The van der Waals surface area contributed by atoms with Gasteiger partial charge in [0.1, 0.15) is 0 Å². The van der Waals surface area contributed by atoms with E-state index in [4.69, 9.17) is 5.73 Å². The second-order valence-corrected chi connectivity index (χ2v) is 5.48. The minimum absolute atomic E-state index is 0.113. The van der Waals surface area contributed by atoms with Crippen molar-refractivity contribution in [3.63, 3.8) is 0 Å². The summed E-state index contributed by atoms with van der Waals surface area (Å²) in [5, 5.41) is 3.04. The van der Waals surface area contributed by atoms with Gasteiger partial charge in [-0.05, 0) is 43.7 Å². The van der Waals surface area contributed by atoms with Crippen LogP contribution >= 0.6 is 0 Å². The highest BCUT2D eigenvalue weighted by Crippen LogP contribution is 2.47. The quantitative estimate of drug-likeness (QED) is 0.804. The van der Waals surface area contributed by atoms with Gasteiger partial charge in [-0.2, -0.15) is 0 Å². The van der Waals surface area contributed by atoms with Crippen molar-refractivity contribution < 1.29 is 4.79 Å². The number of aryl methyl sites for hydroxylation is 1. The summed E-state index contributed by atoms with van der Waals surface area (Å²) in [6.07, 6.45) is 3.90. The Morgan fingerprint density at radius 2 is 2.00 bits per heavy atom. The van der Waals surface area contributed by atoms with Crippen LogP contribution in [-0.4, -0.2) is 19.0 Å². The maximum absolute atomic E-state index is 11.8. The topological polar surface area (TPSA) is 55.1 Å². The van der Waals surface area contributed by atoms with Crippen molar-refractivity contribution in [2.45, 2.75) is 32.6 Å². The van der Waals surface area contributed by atoms with Crippen molar-refractivity contribution >= 4 is 5.91 Å². The van der Waals surface area contributed by atoms with Crippen LogP contribution in [0, 0.1) is 12.3 Å². The third-order valence-corrected chi connectivity index (χ3v) is 3.78. The van der Waals surface area contributed by atoms with Crippen molar-refractivity contribution in [2.75, 3.05) is 13.1 Å². The first-order chi connectivity index (χ1) is 8.63. The van der Waals surface area contributed by atoms with E-state index in [1.807, 2.05) is 31.2 Å². The Balaban J connectivity index is 1.77. The summed E-state index contributed by atoms with van der Waals surface area (Å²) >= 11 is 0. The van der Waals surface area contributed by atoms with Crippen LogP contribution in [0.3, 0.4) is 0 Å². The average Bonchev–Trinajstić information content (AvgIpc) is 3.11. The Bertz CT molecular complexity index is 407. The minimum Gasteiger partial charge on any atom is -0.355 e. The number of hydrogen-bond donors (Lipinski definition) is 2. The number of amides is 1. The number of rotatable bonds is 6. The van der Waals surface area contributed by atoms with E-state index in [0.717, 1.165) is 18.5 Å². The second kappa shape index (κ2) is 5.53. The lowest BCUT2D eigenvalue weighted by Gasteiger charge is -2.14. The molecule has 1 aromatic carbocycles. The first kappa shape index (κ1) is 13.1. The molecule has 1 aromatic rings. The minimum atomic E-state index is 0.113. The maximum Gasteiger partial charge on any atom is 0.224 e. The Morgan fingerprint density at radius 1 is 1.33 bits per heavy atom. The molecule has 0 spiro atoms. The van der Waals surface area contributed by atoms with Gasteiger partial charge in [0.25, 0.3) is 0 Å². The van der Waals surface area contributed by atoms with Crippen LogP contribution in [0.1, 0.15) is 30.4 Å². The molecule has 0 bridgehead atoms. The smallest absolute Gasteiger partial charge is 0.224 e. The summed E-state index contributed by atoms with van der Waals surface area (Å²) in [6.45, 7) is 3.55. The number of nitrogens with one attached hydrogen (secondary N) is 1. The van der Waals surface area contributed by atoms with Crippen molar-refractivity contribution in [1.29, 1.82) is 0 Å². The van der Waals surface area contributed by atoms with Gasteiger partial charge in [-0.15, -0.1) is 0 Å². The van der Waals surface area contributed by atoms with Crippen LogP contribution in [0.2, 0.25) is 0 Å². The fraction of sp³-hybridized carbons (Fsp3) is 0.533. The predicted molar refractivity (Wildman–Crippen MR) is 73.2 cm³/mol. The van der Waals surface area contributed by atoms with E-state index in [2.05, 4.69) is 5.32 Å². The summed E-state index contributed by atoms with van der Waals surface area (Å²) in [4.78, 5) is 11.8. The number of benzene rings is 1. The highest BCUT2D eigenvalue weighted by atomic mass is 16.1. The monoisotopic (exact) mass is 246 g/mol. The normalized spacial score (nSPS) is 16.3. The van der Waals surface area contributed by atoms with Crippen molar-refractivity contribution in [3.8, 4) is 0 Å². The molecule has 0 radical (unpaired) electrons. The third-order valence-electron chi connectivity index (χ3n) is 3.78.